The molecule has 0 spiro atoms. The molecule has 3 aromatic rings. The summed E-state index contributed by atoms with van der Waals surface area (Å²) < 4.78 is 6.42. The summed E-state index contributed by atoms with van der Waals surface area (Å²) in [5.41, 5.74) is 4.73. The SMILES string of the molecule is O=C1c2ccccc2[C@@H]2O[C@H](c3ccccc3)c3ccccc3N12. The van der Waals surface area contributed by atoms with Crippen LogP contribution in [-0.2, 0) is 4.74 Å². The summed E-state index contributed by atoms with van der Waals surface area (Å²) in [6, 6.07) is 25.9. The molecule has 0 aromatic heterocycles. The quantitative estimate of drug-likeness (QED) is 0.663. The molecule has 2 atom stereocenters. The monoisotopic (exact) mass is 313 g/mol. The van der Waals surface area contributed by atoms with E-state index < -0.39 is 0 Å². The standard InChI is InChI=1S/C21H15NO2/c23-20-15-10-4-5-11-16(15)21-22(20)18-13-7-6-12-17(18)19(24-21)14-8-2-1-3-9-14/h1-13,19,21H/t19-,21+/m1/s1. The van der Waals surface area contributed by atoms with Gasteiger partial charge in [0.05, 0.1) is 5.69 Å². The van der Waals surface area contributed by atoms with E-state index in [4.69, 9.17) is 4.74 Å². The van der Waals surface area contributed by atoms with E-state index in [0.29, 0.717) is 0 Å². The van der Waals surface area contributed by atoms with Crippen LogP contribution < -0.4 is 4.90 Å². The summed E-state index contributed by atoms with van der Waals surface area (Å²) in [7, 11) is 0. The highest BCUT2D eigenvalue weighted by atomic mass is 16.5. The van der Waals surface area contributed by atoms with Crippen molar-refractivity contribution in [2.24, 2.45) is 0 Å². The maximum absolute atomic E-state index is 12.9. The highest BCUT2D eigenvalue weighted by Crippen LogP contribution is 2.49. The van der Waals surface area contributed by atoms with Crippen LogP contribution in [-0.4, -0.2) is 5.91 Å². The fourth-order valence-electron chi connectivity index (χ4n) is 3.67. The molecule has 2 heterocycles. The third-order valence-electron chi connectivity index (χ3n) is 4.76. The first-order valence-electron chi connectivity index (χ1n) is 8.06. The van der Waals surface area contributed by atoms with Crippen LogP contribution in [0.15, 0.2) is 78.9 Å². The molecule has 116 valence electrons. The predicted octanol–water partition coefficient (Wildman–Crippen LogP) is 4.47. The van der Waals surface area contributed by atoms with Crippen LogP contribution in [0.1, 0.15) is 39.4 Å². The molecule has 0 N–H and O–H groups in total. The number of hydrogen-bond acceptors (Lipinski definition) is 2. The molecule has 3 heteroatoms. The van der Waals surface area contributed by atoms with Crippen molar-refractivity contribution in [2.75, 3.05) is 4.90 Å². The van der Waals surface area contributed by atoms with Crippen molar-refractivity contribution in [2.45, 2.75) is 12.3 Å². The molecular weight excluding hydrogens is 298 g/mol. The van der Waals surface area contributed by atoms with E-state index in [9.17, 15) is 4.79 Å². The van der Waals surface area contributed by atoms with E-state index in [1.807, 2.05) is 66.7 Å². The van der Waals surface area contributed by atoms with Crippen molar-refractivity contribution in [3.05, 3.63) is 101 Å². The lowest BCUT2D eigenvalue weighted by molar-refractivity contribution is 0.00114. The van der Waals surface area contributed by atoms with Gasteiger partial charge in [0, 0.05) is 16.7 Å². The van der Waals surface area contributed by atoms with Crippen LogP contribution in [0.25, 0.3) is 0 Å². The lowest BCUT2D eigenvalue weighted by atomic mass is 9.97. The third kappa shape index (κ3) is 1.79. The molecule has 3 aromatic carbocycles. The zero-order chi connectivity index (χ0) is 16.1. The highest BCUT2D eigenvalue weighted by molar-refractivity contribution is 6.11. The predicted molar refractivity (Wildman–Crippen MR) is 91.8 cm³/mol. The fourth-order valence-corrected chi connectivity index (χ4v) is 3.67. The number of nitrogens with zero attached hydrogens (tertiary/aromatic N) is 1. The third-order valence-corrected chi connectivity index (χ3v) is 4.76. The van der Waals surface area contributed by atoms with Gasteiger partial charge in [-0.3, -0.25) is 9.69 Å². The number of para-hydroxylation sites is 1. The Morgan fingerprint density at radius 3 is 2.25 bits per heavy atom. The van der Waals surface area contributed by atoms with Gasteiger partial charge in [-0.1, -0.05) is 66.7 Å². The molecule has 0 unspecified atom stereocenters. The van der Waals surface area contributed by atoms with Gasteiger partial charge in [-0.05, 0) is 17.7 Å². The van der Waals surface area contributed by atoms with Gasteiger partial charge in [0.15, 0.2) is 6.23 Å². The van der Waals surface area contributed by atoms with Crippen molar-refractivity contribution in [3.8, 4) is 0 Å². The first-order chi connectivity index (χ1) is 11.8. The Balaban J connectivity index is 1.72. The number of hydrogen-bond donors (Lipinski definition) is 0. The number of rotatable bonds is 1. The molecule has 24 heavy (non-hydrogen) atoms. The number of carbonyl (C=O) groups is 1. The molecule has 1 amide bonds. The van der Waals surface area contributed by atoms with E-state index in [1.165, 1.54) is 0 Å². The van der Waals surface area contributed by atoms with Crippen molar-refractivity contribution in [1.29, 1.82) is 0 Å². The average molecular weight is 313 g/mol. The smallest absolute Gasteiger partial charge is 0.261 e. The zero-order valence-electron chi connectivity index (χ0n) is 12.9. The van der Waals surface area contributed by atoms with Gasteiger partial charge >= 0.3 is 0 Å². The average Bonchev–Trinajstić information content (AvgIpc) is 2.95. The molecule has 0 saturated heterocycles. The lowest BCUT2D eigenvalue weighted by Crippen LogP contribution is -2.35. The molecule has 0 aliphatic carbocycles. The molecule has 0 bridgehead atoms. The van der Waals surface area contributed by atoms with Gasteiger partial charge in [0.1, 0.15) is 6.10 Å². The minimum absolute atomic E-state index is 0.00885. The second-order valence-corrected chi connectivity index (χ2v) is 6.10. The minimum Gasteiger partial charge on any atom is -0.341 e. The molecule has 0 fully saturated rings. The first-order valence-corrected chi connectivity index (χ1v) is 8.06. The van der Waals surface area contributed by atoms with Crippen LogP contribution in [0.2, 0.25) is 0 Å². The topological polar surface area (TPSA) is 29.5 Å². The van der Waals surface area contributed by atoms with Crippen molar-refractivity contribution in [3.63, 3.8) is 0 Å². The zero-order valence-corrected chi connectivity index (χ0v) is 12.9. The molecule has 3 nitrogen and oxygen atoms in total. The lowest BCUT2D eigenvalue weighted by Gasteiger charge is -2.37. The van der Waals surface area contributed by atoms with Gasteiger partial charge in [-0.2, -0.15) is 0 Å². The maximum atomic E-state index is 12.9. The normalized spacial score (nSPS) is 21.2. The summed E-state index contributed by atoms with van der Waals surface area (Å²) in [4.78, 5) is 14.7. The Morgan fingerprint density at radius 1 is 0.750 bits per heavy atom. The van der Waals surface area contributed by atoms with Crippen LogP contribution in [0.5, 0.6) is 0 Å². The summed E-state index contributed by atoms with van der Waals surface area (Å²) in [5.74, 6) is 0.00885. The first kappa shape index (κ1) is 13.5. The number of benzene rings is 3. The van der Waals surface area contributed by atoms with E-state index in [2.05, 4.69) is 12.1 Å². The Bertz CT molecular complexity index is 935. The number of carbonyl (C=O) groups excluding carboxylic acids is 1. The van der Waals surface area contributed by atoms with E-state index in [1.54, 1.807) is 4.90 Å². The Kier molecular flexibility index (Phi) is 2.84. The van der Waals surface area contributed by atoms with E-state index in [0.717, 1.165) is 27.9 Å². The maximum Gasteiger partial charge on any atom is 0.261 e. The molecule has 5 rings (SSSR count). The summed E-state index contributed by atoms with van der Waals surface area (Å²) in [5, 5.41) is 0. The summed E-state index contributed by atoms with van der Waals surface area (Å²) in [6.45, 7) is 0. The largest absolute Gasteiger partial charge is 0.341 e. The van der Waals surface area contributed by atoms with Crippen molar-refractivity contribution in [1.82, 2.24) is 0 Å². The second-order valence-electron chi connectivity index (χ2n) is 6.10. The number of amides is 1. The highest BCUT2D eigenvalue weighted by Gasteiger charge is 2.44. The van der Waals surface area contributed by atoms with Gasteiger partial charge in [0.25, 0.3) is 5.91 Å². The van der Waals surface area contributed by atoms with Crippen molar-refractivity contribution < 1.29 is 9.53 Å². The van der Waals surface area contributed by atoms with E-state index >= 15 is 0 Å². The minimum atomic E-state index is -0.367. The molecule has 2 aliphatic rings. The van der Waals surface area contributed by atoms with Crippen LogP contribution in [0.4, 0.5) is 5.69 Å². The molecule has 0 radical (unpaired) electrons. The number of ether oxygens (including phenoxy) is 1. The number of anilines is 1. The summed E-state index contributed by atoms with van der Waals surface area (Å²) in [6.07, 6.45) is -0.545. The van der Waals surface area contributed by atoms with Crippen LogP contribution in [0.3, 0.4) is 0 Å². The Labute approximate surface area is 140 Å². The van der Waals surface area contributed by atoms with Gasteiger partial charge in [-0.25, -0.2) is 0 Å². The summed E-state index contributed by atoms with van der Waals surface area (Å²) >= 11 is 0. The Morgan fingerprint density at radius 2 is 1.42 bits per heavy atom. The fraction of sp³-hybridized carbons (Fsp3) is 0.0952. The van der Waals surface area contributed by atoms with Crippen LogP contribution >= 0.6 is 0 Å². The second kappa shape index (κ2) is 5.05. The van der Waals surface area contributed by atoms with Gasteiger partial charge in [0.2, 0.25) is 0 Å². The molecule has 0 saturated carbocycles. The van der Waals surface area contributed by atoms with Gasteiger partial charge in [-0.15, -0.1) is 0 Å². The van der Waals surface area contributed by atoms with Crippen molar-refractivity contribution >= 4 is 11.6 Å². The molecular formula is C21H15NO2. The van der Waals surface area contributed by atoms with E-state index in [-0.39, 0.29) is 18.2 Å². The molecule has 2 aliphatic heterocycles. The number of fused-ring (bicyclic) bond motifs is 5. The van der Waals surface area contributed by atoms with Gasteiger partial charge < -0.3 is 4.74 Å². The van der Waals surface area contributed by atoms with Crippen LogP contribution in [0, 0.1) is 0 Å². The Hall–Kier alpha value is -2.91.